The van der Waals surface area contributed by atoms with Crippen LogP contribution in [0.5, 0.6) is 0 Å². The zero-order valence-electron chi connectivity index (χ0n) is 12.4. The van der Waals surface area contributed by atoms with Crippen LogP contribution in [0, 0.1) is 5.82 Å². The van der Waals surface area contributed by atoms with Crippen LogP contribution in [0.3, 0.4) is 0 Å². The normalized spacial score (nSPS) is 11.3. The van der Waals surface area contributed by atoms with Gasteiger partial charge in [-0.05, 0) is 30.3 Å². The summed E-state index contributed by atoms with van der Waals surface area (Å²) in [6.45, 7) is -0.195. The minimum absolute atomic E-state index is 0.0701. The van der Waals surface area contributed by atoms with Crippen molar-refractivity contribution in [2.45, 2.75) is 6.54 Å². The average Bonchev–Trinajstić information content (AvgIpc) is 2.51. The molecule has 0 aliphatic carbocycles. The summed E-state index contributed by atoms with van der Waals surface area (Å²) in [6, 6.07) is 8.36. The third-order valence-electron chi connectivity index (χ3n) is 3.13. The van der Waals surface area contributed by atoms with Crippen LogP contribution in [-0.2, 0) is 16.6 Å². The van der Waals surface area contributed by atoms with Gasteiger partial charge >= 0.3 is 0 Å². The van der Waals surface area contributed by atoms with Crippen LogP contribution in [0.15, 0.2) is 42.6 Å². The molecular weight excluding hydrogens is 321 g/mol. The number of halogens is 1. The highest BCUT2D eigenvalue weighted by atomic mass is 32.2. The maximum absolute atomic E-state index is 13.3. The van der Waals surface area contributed by atoms with Crippen LogP contribution < -0.4 is 10.0 Å². The average molecular weight is 337 g/mol. The quantitative estimate of drug-likeness (QED) is 0.803. The summed E-state index contributed by atoms with van der Waals surface area (Å²) in [5, 5.41) is 0. The molecule has 0 bridgehead atoms. The lowest BCUT2D eigenvalue weighted by Gasteiger charge is -2.22. The summed E-state index contributed by atoms with van der Waals surface area (Å²) >= 11 is 0. The Balaban J connectivity index is 2.31. The third kappa shape index (κ3) is 4.33. The number of sulfonamides is 1. The molecule has 0 fully saturated rings. The van der Waals surface area contributed by atoms with Crippen LogP contribution in [0.25, 0.3) is 0 Å². The molecule has 1 aromatic heterocycles. The van der Waals surface area contributed by atoms with E-state index >= 15 is 0 Å². The van der Waals surface area contributed by atoms with Gasteiger partial charge in [0, 0.05) is 11.8 Å². The van der Waals surface area contributed by atoms with Gasteiger partial charge in [0.1, 0.15) is 5.82 Å². The summed E-state index contributed by atoms with van der Waals surface area (Å²) in [7, 11) is -3.62. The van der Waals surface area contributed by atoms with E-state index in [1.165, 1.54) is 30.5 Å². The molecule has 0 saturated heterocycles. The van der Waals surface area contributed by atoms with Gasteiger partial charge in [-0.15, -0.1) is 0 Å². The molecule has 2 aromatic rings. The Bertz CT molecular complexity index is 807. The number of nitrogens with zero attached hydrogens (tertiary/aromatic N) is 2. The van der Waals surface area contributed by atoms with E-state index in [1.54, 1.807) is 6.07 Å². The monoisotopic (exact) mass is 337 g/mol. The number of ketones is 1. The van der Waals surface area contributed by atoms with E-state index in [0.717, 1.165) is 16.6 Å². The van der Waals surface area contributed by atoms with Crippen molar-refractivity contribution in [2.24, 2.45) is 5.73 Å². The second-order valence-corrected chi connectivity index (χ2v) is 6.82. The standard InChI is InChI=1S/C15H16FN3O3S/c1-23(21,22)19(14-4-2-3-12(16)7-14)10-13-6-5-11(9-18-13)15(20)8-17/h2-7,9H,8,10,17H2,1H3. The second-order valence-electron chi connectivity index (χ2n) is 4.92. The van der Waals surface area contributed by atoms with Crippen molar-refractivity contribution in [3.8, 4) is 0 Å². The molecule has 1 heterocycles. The number of hydrogen-bond acceptors (Lipinski definition) is 5. The lowest BCUT2D eigenvalue weighted by Crippen LogP contribution is -2.29. The number of aromatic nitrogens is 1. The van der Waals surface area contributed by atoms with Crippen molar-refractivity contribution < 1.29 is 17.6 Å². The number of pyridine rings is 1. The molecule has 0 aliphatic heterocycles. The van der Waals surface area contributed by atoms with E-state index in [0.29, 0.717) is 11.3 Å². The van der Waals surface area contributed by atoms with Crippen LogP contribution in [0.4, 0.5) is 10.1 Å². The SMILES string of the molecule is CS(=O)(=O)N(Cc1ccc(C(=O)CN)cn1)c1cccc(F)c1. The predicted octanol–water partition coefficient (Wildman–Crippen LogP) is 1.33. The van der Waals surface area contributed by atoms with E-state index in [-0.39, 0.29) is 24.6 Å². The van der Waals surface area contributed by atoms with Gasteiger partial charge in [-0.1, -0.05) is 6.07 Å². The van der Waals surface area contributed by atoms with Crippen LogP contribution in [0.2, 0.25) is 0 Å². The fraction of sp³-hybridized carbons (Fsp3) is 0.200. The van der Waals surface area contributed by atoms with E-state index in [2.05, 4.69) is 4.98 Å². The molecule has 0 saturated carbocycles. The third-order valence-corrected chi connectivity index (χ3v) is 4.27. The predicted molar refractivity (Wildman–Crippen MR) is 85.0 cm³/mol. The van der Waals surface area contributed by atoms with Gasteiger partial charge in [-0.2, -0.15) is 0 Å². The number of anilines is 1. The van der Waals surface area contributed by atoms with Gasteiger partial charge in [0.15, 0.2) is 5.78 Å². The second kappa shape index (κ2) is 6.84. The van der Waals surface area contributed by atoms with Crippen molar-refractivity contribution in [1.82, 2.24) is 4.98 Å². The summed E-state index contributed by atoms with van der Waals surface area (Å²) in [4.78, 5) is 15.5. The number of nitrogens with two attached hydrogens (primary N) is 1. The van der Waals surface area contributed by atoms with Gasteiger partial charge in [-0.25, -0.2) is 12.8 Å². The van der Waals surface area contributed by atoms with E-state index in [4.69, 9.17) is 5.73 Å². The molecule has 8 heteroatoms. The Morgan fingerprint density at radius 3 is 2.57 bits per heavy atom. The number of carbonyl (C=O) groups excluding carboxylic acids is 1. The van der Waals surface area contributed by atoms with Gasteiger partial charge < -0.3 is 5.73 Å². The van der Waals surface area contributed by atoms with Crippen molar-refractivity contribution in [1.29, 1.82) is 0 Å². The van der Waals surface area contributed by atoms with Gasteiger partial charge in [-0.3, -0.25) is 14.1 Å². The smallest absolute Gasteiger partial charge is 0.232 e. The molecule has 0 radical (unpaired) electrons. The lowest BCUT2D eigenvalue weighted by molar-refractivity contribution is 0.100. The van der Waals surface area contributed by atoms with Crippen molar-refractivity contribution >= 4 is 21.5 Å². The summed E-state index contributed by atoms with van der Waals surface area (Å²) in [6.07, 6.45) is 2.38. The molecular formula is C15H16FN3O3S. The zero-order chi connectivity index (χ0) is 17.0. The number of carbonyl (C=O) groups is 1. The molecule has 0 amide bonds. The minimum Gasteiger partial charge on any atom is -0.324 e. The Morgan fingerprint density at radius 2 is 2.04 bits per heavy atom. The molecule has 0 unspecified atom stereocenters. The molecule has 0 aliphatic rings. The summed E-state index contributed by atoms with van der Waals surface area (Å²) in [5.41, 5.74) is 6.25. The van der Waals surface area contributed by atoms with E-state index in [1.807, 2.05) is 0 Å². The minimum atomic E-state index is -3.62. The maximum atomic E-state index is 13.3. The summed E-state index contributed by atoms with van der Waals surface area (Å²) < 4.78 is 38.3. The Kier molecular flexibility index (Phi) is 5.07. The molecule has 122 valence electrons. The van der Waals surface area contributed by atoms with Crippen molar-refractivity contribution in [3.63, 3.8) is 0 Å². The molecule has 0 atom stereocenters. The maximum Gasteiger partial charge on any atom is 0.232 e. The van der Waals surface area contributed by atoms with Crippen LogP contribution >= 0.6 is 0 Å². The van der Waals surface area contributed by atoms with Gasteiger partial charge in [0.25, 0.3) is 0 Å². The number of rotatable bonds is 6. The highest BCUT2D eigenvalue weighted by molar-refractivity contribution is 7.92. The van der Waals surface area contributed by atoms with Crippen LogP contribution in [-0.4, -0.2) is 32.0 Å². The molecule has 6 nitrogen and oxygen atoms in total. The van der Waals surface area contributed by atoms with Gasteiger partial charge in [0.2, 0.25) is 10.0 Å². The topological polar surface area (TPSA) is 93.4 Å². The summed E-state index contributed by atoms with van der Waals surface area (Å²) in [5.74, 6) is -0.790. The molecule has 23 heavy (non-hydrogen) atoms. The molecule has 1 aromatic carbocycles. The van der Waals surface area contributed by atoms with E-state index < -0.39 is 15.8 Å². The Morgan fingerprint density at radius 1 is 1.30 bits per heavy atom. The first-order valence-electron chi connectivity index (χ1n) is 6.72. The highest BCUT2D eigenvalue weighted by Gasteiger charge is 2.19. The van der Waals surface area contributed by atoms with Gasteiger partial charge in [0.05, 0.1) is 30.7 Å². The first-order valence-corrected chi connectivity index (χ1v) is 8.57. The Labute approximate surface area is 133 Å². The van der Waals surface area contributed by atoms with Crippen molar-refractivity contribution in [2.75, 3.05) is 17.1 Å². The zero-order valence-corrected chi connectivity index (χ0v) is 13.3. The largest absolute Gasteiger partial charge is 0.324 e. The first kappa shape index (κ1) is 17.0. The number of benzene rings is 1. The van der Waals surface area contributed by atoms with E-state index in [9.17, 15) is 17.6 Å². The number of Topliss-reactive ketones (excluding diaryl/α,β-unsaturated/α-hetero) is 1. The number of hydrogen-bond donors (Lipinski definition) is 1. The Hall–Kier alpha value is -2.32. The lowest BCUT2D eigenvalue weighted by atomic mass is 10.2. The fourth-order valence-electron chi connectivity index (χ4n) is 1.98. The molecule has 2 N–H and O–H groups in total. The molecule has 2 rings (SSSR count). The molecule has 0 spiro atoms. The fourth-order valence-corrected chi connectivity index (χ4v) is 2.84. The highest BCUT2D eigenvalue weighted by Crippen LogP contribution is 2.21. The first-order chi connectivity index (χ1) is 10.8. The van der Waals surface area contributed by atoms with Crippen LogP contribution in [0.1, 0.15) is 16.1 Å². The van der Waals surface area contributed by atoms with Crippen molar-refractivity contribution in [3.05, 3.63) is 59.7 Å².